The third-order valence-electron chi connectivity index (χ3n) is 4.06. The van der Waals surface area contributed by atoms with Gasteiger partial charge in [0.25, 0.3) is 0 Å². The highest BCUT2D eigenvalue weighted by Crippen LogP contribution is 2.30. The number of halogens is 1. The Morgan fingerprint density at radius 1 is 1.21 bits per heavy atom. The van der Waals surface area contributed by atoms with Gasteiger partial charge in [-0.15, -0.1) is 10.2 Å². The zero-order valence-electron chi connectivity index (χ0n) is 15.8. The van der Waals surface area contributed by atoms with Crippen molar-refractivity contribution >= 4 is 35.0 Å². The summed E-state index contributed by atoms with van der Waals surface area (Å²) >= 11 is 7.47. The molecule has 0 saturated heterocycles. The van der Waals surface area contributed by atoms with E-state index in [-0.39, 0.29) is 17.1 Å². The van der Waals surface area contributed by atoms with E-state index in [0.717, 1.165) is 11.4 Å². The number of anilines is 1. The molecule has 1 heterocycles. The van der Waals surface area contributed by atoms with Crippen molar-refractivity contribution in [3.8, 4) is 11.4 Å². The Morgan fingerprint density at radius 2 is 1.96 bits per heavy atom. The number of amides is 1. The van der Waals surface area contributed by atoms with Gasteiger partial charge in [0.2, 0.25) is 5.91 Å². The van der Waals surface area contributed by atoms with Gasteiger partial charge in [-0.05, 0) is 48.4 Å². The molecule has 0 aliphatic heterocycles. The van der Waals surface area contributed by atoms with Gasteiger partial charge >= 0.3 is 0 Å². The number of benzene rings is 2. The van der Waals surface area contributed by atoms with Gasteiger partial charge in [-0.25, -0.2) is 0 Å². The van der Waals surface area contributed by atoms with Crippen LogP contribution in [0.2, 0.25) is 5.02 Å². The Bertz CT molecular complexity index is 943. The lowest BCUT2D eigenvalue weighted by atomic mass is 10.1. The van der Waals surface area contributed by atoms with Gasteiger partial charge in [-0.2, -0.15) is 0 Å². The fraction of sp³-hybridized carbons (Fsp3) is 0.250. The summed E-state index contributed by atoms with van der Waals surface area (Å²) < 4.78 is 6.98. The van der Waals surface area contributed by atoms with Crippen LogP contribution in [0.3, 0.4) is 0 Å². The summed E-state index contributed by atoms with van der Waals surface area (Å²) in [5.74, 6) is 0.737. The van der Waals surface area contributed by atoms with Crippen LogP contribution in [-0.2, 0) is 4.79 Å². The average molecular weight is 417 g/mol. The van der Waals surface area contributed by atoms with Crippen LogP contribution in [0.15, 0.2) is 60.0 Å². The predicted molar refractivity (Wildman–Crippen MR) is 112 cm³/mol. The van der Waals surface area contributed by atoms with Crippen LogP contribution in [0.25, 0.3) is 5.69 Å². The number of rotatable bonds is 7. The maximum Gasteiger partial charge on any atom is 0.238 e. The minimum Gasteiger partial charge on any atom is -0.497 e. The first-order valence-electron chi connectivity index (χ1n) is 8.75. The molecule has 1 aromatic heterocycles. The van der Waals surface area contributed by atoms with Gasteiger partial charge in [-0.3, -0.25) is 9.36 Å². The number of hydrogen-bond acceptors (Lipinski definition) is 5. The minimum absolute atomic E-state index is 0.0905. The van der Waals surface area contributed by atoms with E-state index >= 15 is 0 Å². The Labute approximate surface area is 173 Å². The third-order valence-corrected chi connectivity index (χ3v) is 5.79. The van der Waals surface area contributed by atoms with E-state index in [2.05, 4.69) is 15.5 Å². The first-order valence-corrected chi connectivity index (χ1v) is 10.0. The second-order valence-corrected chi connectivity index (χ2v) is 8.01. The molecular formula is C20H21ClN4O2S. The number of hydrogen-bond donors (Lipinski definition) is 1. The summed E-state index contributed by atoms with van der Waals surface area (Å²) in [5, 5.41) is 12.1. The number of methoxy groups -OCH3 is 1. The predicted octanol–water partition coefficient (Wildman–Crippen LogP) is 4.68. The van der Waals surface area contributed by atoms with Gasteiger partial charge in [-0.1, -0.05) is 43.3 Å². The van der Waals surface area contributed by atoms with Gasteiger partial charge in [0, 0.05) is 10.7 Å². The molecular weight excluding hydrogens is 396 g/mol. The molecule has 3 rings (SSSR count). The van der Waals surface area contributed by atoms with E-state index in [1.54, 1.807) is 19.5 Å². The Balaban J connectivity index is 1.78. The number of nitrogens with one attached hydrogen (secondary N) is 1. The van der Waals surface area contributed by atoms with E-state index in [1.807, 2.05) is 60.9 Å². The molecule has 0 aliphatic rings. The van der Waals surface area contributed by atoms with Crippen LogP contribution in [0, 0.1) is 5.92 Å². The first-order chi connectivity index (χ1) is 13.5. The molecule has 0 spiro atoms. The van der Waals surface area contributed by atoms with Gasteiger partial charge < -0.3 is 10.1 Å². The lowest BCUT2D eigenvalue weighted by Gasteiger charge is -2.19. The van der Waals surface area contributed by atoms with Crippen LogP contribution in [-0.4, -0.2) is 33.0 Å². The largest absolute Gasteiger partial charge is 0.497 e. The fourth-order valence-electron chi connectivity index (χ4n) is 2.60. The SMILES string of the molecule is COc1ccc(NC(=O)C(Sc2nncn2-c2cccc(Cl)c2)C(C)C)cc1. The molecule has 28 heavy (non-hydrogen) atoms. The summed E-state index contributed by atoms with van der Waals surface area (Å²) in [6, 6.07) is 14.7. The van der Waals surface area contributed by atoms with Crippen LogP contribution in [0.5, 0.6) is 5.75 Å². The monoisotopic (exact) mass is 416 g/mol. The maximum absolute atomic E-state index is 12.9. The second-order valence-electron chi connectivity index (χ2n) is 6.46. The highest BCUT2D eigenvalue weighted by atomic mass is 35.5. The molecule has 0 radical (unpaired) electrons. The van der Waals surface area contributed by atoms with Crippen molar-refractivity contribution in [2.24, 2.45) is 5.92 Å². The van der Waals surface area contributed by atoms with E-state index in [1.165, 1.54) is 11.8 Å². The number of thioether (sulfide) groups is 1. The number of aromatic nitrogens is 3. The molecule has 0 bridgehead atoms. The molecule has 3 aromatic rings. The maximum atomic E-state index is 12.9. The van der Waals surface area contributed by atoms with E-state index in [0.29, 0.717) is 15.9 Å². The molecule has 8 heteroatoms. The molecule has 1 unspecified atom stereocenters. The zero-order chi connectivity index (χ0) is 20.1. The van der Waals surface area contributed by atoms with Crippen LogP contribution in [0.1, 0.15) is 13.8 Å². The number of carbonyl (C=O) groups is 1. The van der Waals surface area contributed by atoms with Crippen molar-refractivity contribution < 1.29 is 9.53 Å². The smallest absolute Gasteiger partial charge is 0.238 e. The molecule has 6 nitrogen and oxygen atoms in total. The van der Waals surface area contributed by atoms with Gasteiger partial charge in [0.15, 0.2) is 5.16 Å². The quantitative estimate of drug-likeness (QED) is 0.566. The minimum atomic E-state index is -0.343. The molecule has 146 valence electrons. The van der Waals surface area contributed by atoms with E-state index < -0.39 is 0 Å². The zero-order valence-corrected chi connectivity index (χ0v) is 17.4. The van der Waals surface area contributed by atoms with Gasteiger partial charge in [0.1, 0.15) is 12.1 Å². The van der Waals surface area contributed by atoms with Crippen molar-refractivity contribution in [2.45, 2.75) is 24.3 Å². The molecule has 1 atom stereocenters. The van der Waals surface area contributed by atoms with Crippen molar-refractivity contribution in [2.75, 3.05) is 12.4 Å². The Hall–Kier alpha value is -2.51. The summed E-state index contributed by atoms with van der Waals surface area (Å²) in [6.45, 7) is 4.01. The number of nitrogens with zero attached hydrogens (tertiary/aromatic N) is 3. The van der Waals surface area contributed by atoms with E-state index in [9.17, 15) is 4.79 Å². The summed E-state index contributed by atoms with van der Waals surface area (Å²) in [4.78, 5) is 12.9. The first kappa shape index (κ1) is 20.2. The van der Waals surface area contributed by atoms with Crippen molar-refractivity contribution in [1.82, 2.24) is 14.8 Å². The molecule has 2 aromatic carbocycles. The van der Waals surface area contributed by atoms with Crippen molar-refractivity contribution in [3.05, 3.63) is 59.9 Å². The van der Waals surface area contributed by atoms with Crippen molar-refractivity contribution in [3.63, 3.8) is 0 Å². The van der Waals surface area contributed by atoms with E-state index in [4.69, 9.17) is 16.3 Å². The molecule has 1 amide bonds. The lowest BCUT2D eigenvalue weighted by Crippen LogP contribution is -2.30. The van der Waals surface area contributed by atoms with Crippen LogP contribution >= 0.6 is 23.4 Å². The molecule has 0 aliphatic carbocycles. The Morgan fingerprint density at radius 3 is 2.61 bits per heavy atom. The third kappa shape index (κ3) is 4.85. The summed E-state index contributed by atoms with van der Waals surface area (Å²) in [7, 11) is 1.61. The molecule has 1 N–H and O–H groups in total. The standard InChI is InChI=1S/C20H21ClN4O2S/c1-13(2)18(19(26)23-15-7-9-17(27-3)10-8-15)28-20-24-22-12-25(20)16-6-4-5-14(21)11-16/h4-13,18H,1-3H3,(H,23,26). The fourth-order valence-corrected chi connectivity index (χ4v) is 3.81. The van der Waals surface area contributed by atoms with Gasteiger partial charge in [0.05, 0.1) is 18.0 Å². The highest BCUT2D eigenvalue weighted by molar-refractivity contribution is 8.00. The number of carbonyl (C=O) groups excluding carboxylic acids is 1. The molecule has 0 fully saturated rings. The van der Waals surface area contributed by atoms with Crippen molar-refractivity contribution in [1.29, 1.82) is 0 Å². The Kier molecular flexibility index (Phi) is 6.59. The van der Waals surface area contributed by atoms with Crippen LogP contribution < -0.4 is 10.1 Å². The molecule has 0 saturated carbocycles. The van der Waals surface area contributed by atoms with Crippen LogP contribution in [0.4, 0.5) is 5.69 Å². The second kappa shape index (κ2) is 9.12. The average Bonchev–Trinajstić information content (AvgIpc) is 3.14. The lowest BCUT2D eigenvalue weighted by molar-refractivity contribution is -0.116. The highest BCUT2D eigenvalue weighted by Gasteiger charge is 2.26. The number of ether oxygens (including phenoxy) is 1. The summed E-state index contributed by atoms with van der Waals surface area (Å²) in [6.07, 6.45) is 1.62. The topological polar surface area (TPSA) is 69.0 Å². The normalized spacial score (nSPS) is 12.0. The summed E-state index contributed by atoms with van der Waals surface area (Å²) in [5.41, 5.74) is 1.56.